The van der Waals surface area contributed by atoms with Gasteiger partial charge in [-0.3, -0.25) is 4.98 Å². The second kappa shape index (κ2) is 5.43. The van der Waals surface area contributed by atoms with Crippen molar-refractivity contribution in [3.05, 3.63) is 53.5 Å². The summed E-state index contributed by atoms with van der Waals surface area (Å²) in [6, 6.07) is 8.46. The van der Waals surface area contributed by atoms with E-state index >= 15 is 0 Å². The number of benzene rings is 1. The van der Waals surface area contributed by atoms with Crippen molar-refractivity contribution in [2.75, 3.05) is 11.9 Å². The quantitative estimate of drug-likeness (QED) is 0.872. The molecule has 0 aliphatic rings. The average molecular weight is 227 g/mol. The van der Waals surface area contributed by atoms with Crippen LogP contribution in [0.4, 0.5) is 5.82 Å². The summed E-state index contributed by atoms with van der Waals surface area (Å²) in [6.07, 6.45) is 4.42. The van der Waals surface area contributed by atoms with Gasteiger partial charge in [0.05, 0.1) is 5.69 Å². The molecule has 0 unspecified atom stereocenters. The monoisotopic (exact) mass is 227 g/mol. The summed E-state index contributed by atoms with van der Waals surface area (Å²) in [4.78, 5) is 8.46. The lowest BCUT2D eigenvalue weighted by Crippen LogP contribution is -2.08. The van der Waals surface area contributed by atoms with Gasteiger partial charge in [-0.25, -0.2) is 4.98 Å². The molecule has 2 rings (SSSR count). The summed E-state index contributed by atoms with van der Waals surface area (Å²) < 4.78 is 0. The number of nitrogens with zero attached hydrogens (tertiary/aromatic N) is 2. The van der Waals surface area contributed by atoms with E-state index in [1.54, 1.807) is 12.4 Å². The van der Waals surface area contributed by atoms with E-state index in [1.165, 1.54) is 11.1 Å². The highest BCUT2D eigenvalue weighted by Gasteiger charge is 2.00. The van der Waals surface area contributed by atoms with E-state index in [2.05, 4.69) is 46.5 Å². The number of anilines is 1. The molecule has 0 saturated heterocycles. The number of nitrogens with one attached hydrogen (secondary N) is 1. The molecule has 3 heteroatoms. The highest BCUT2D eigenvalue weighted by molar-refractivity contribution is 5.38. The highest BCUT2D eigenvalue weighted by atomic mass is 15.0. The fourth-order valence-electron chi connectivity index (χ4n) is 1.79. The normalized spacial score (nSPS) is 10.2. The first-order valence-corrected chi connectivity index (χ1v) is 5.83. The number of rotatable bonds is 4. The van der Waals surface area contributed by atoms with Crippen LogP contribution in [0.15, 0.2) is 36.7 Å². The Labute approximate surface area is 102 Å². The summed E-state index contributed by atoms with van der Waals surface area (Å²) in [7, 11) is 0. The Hall–Kier alpha value is -1.90. The summed E-state index contributed by atoms with van der Waals surface area (Å²) in [5.74, 6) is 0.876. The standard InChI is InChI=1S/C14H17N3/c1-11-5-3-4-6-13(11)7-8-16-14-12(2)15-9-10-17-14/h3-6,9-10H,7-8H2,1-2H3,(H,16,17). The van der Waals surface area contributed by atoms with Gasteiger partial charge in [0, 0.05) is 18.9 Å². The Bertz CT molecular complexity index is 449. The van der Waals surface area contributed by atoms with Crippen molar-refractivity contribution in [2.24, 2.45) is 0 Å². The van der Waals surface area contributed by atoms with Gasteiger partial charge in [0.15, 0.2) is 0 Å². The third-order valence-corrected chi connectivity index (χ3v) is 2.83. The molecule has 0 aliphatic carbocycles. The summed E-state index contributed by atoms with van der Waals surface area (Å²) >= 11 is 0. The van der Waals surface area contributed by atoms with Crippen molar-refractivity contribution in [1.29, 1.82) is 0 Å². The molecule has 0 amide bonds. The number of aromatic nitrogens is 2. The SMILES string of the molecule is Cc1ccccc1CCNc1nccnc1C. The summed E-state index contributed by atoms with van der Waals surface area (Å²) in [6.45, 7) is 4.98. The molecule has 0 spiro atoms. The van der Waals surface area contributed by atoms with Crippen LogP contribution < -0.4 is 5.32 Å². The van der Waals surface area contributed by atoms with Gasteiger partial charge in [-0.15, -0.1) is 0 Å². The molecule has 1 aromatic carbocycles. The first kappa shape index (κ1) is 11.6. The van der Waals surface area contributed by atoms with Crippen molar-refractivity contribution in [1.82, 2.24) is 9.97 Å². The van der Waals surface area contributed by atoms with Crippen molar-refractivity contribution < 1.29 is 0 Å². The maximum atomic E-state index is 4.26. The van der Waals surface area contributed by atoms with Crippen molar-refractivity contribution in [3.8, 4) is 0 Å². The number of aryl methyl sites for hydroxylation is 2. The van der Waals surface area contributed by atoms with E-state index in [0.29, 0.717) is 0 Å². The first-order chi connectivity index (χ1) is 8.27. The molecule has 1 N–H and O–H groups in total. The van der Waals surface area contributed by atoms with Gasteiger partial charge in [0.25, 0.3) is 0 Å². The minimum absolute atomic E-state index is 0.876. The topological polar surface area (TPSA) is 37.8 Å². The lowest BCUT2D eigenvalue weighted by Gasteiger charge is -2.08. The molecule has 1 aromatic heterocycles. The largest absolute Gasteiger partial charge is 0.368 e. The fourth-order valence-corrected chi connectivity index (χ4v) is 1.79. The van der Waals surface area contributed by atoms with Crippen LogP contribution in [-0.2, 0) is 6.42 Å². The van der Waals surface area contributed by atoms with E-state index in [-0.39, 0.29) is 0 Å². The van der Waals surface area contributed by atoms with Gasteiger partial charge in [-0.2, -0.15) is 0 Å². The molecule has 0 aliphatic heterocycles. The van der Waals surface area contributed by atoms with Crippen LogP contribution in [0.5, 0.6) is 0 Å². The molecule has 2 aromatic rings. The molecule has 0 saturated carbocycles. The summed E-state index contributed by atoms with van der Waals surface area (Å²) in [5.41, 5.74) is 3.66. The average Bonchev–Trinajstić information content (AvgIpc) is 2.34. The first-order valence-electron chi connectivity index (χ1n) is 5.83. The maximum Gasteiger partial charge on any atom is 0.147 e. The predicted molar refractivity (Wildman–Crippen MR) is 70.1 cm³/mol. The highest BCUT2D eigenvalue weighted by Crippen LogP contribution is 2.09. The predicted octanol–water partition coefficient (Wildman–Crippen LogP) is 2.75. The zero-order chi connectivity index (χ0) is 12.1. The number of hydrogen-bond acceptors (Lipinski definition) is 3. The van der Waals surface area contributed by atoms with Gasteiger partial charge in [-0.05, 0) is 31.4 Å². The minimum Gasteiger partial charge on any atom is -0.368 e. The third kappa shape index (κ3) is 3.03. The van der Waals surface area contributed by atoms with Gasteiger partial charge in [-0.1, -0.05) is 24.3 Å². The van der Waals surface area contributed by atoms with Gasteiger partial charge in [0.1, 0.15) is 5.82 Å². The van der Waals surface area contributed by atoms with Crippen LogP contribution in [0.25, 0.3) is 0 Å². The van der Waals surface area contributed by atoms with Crippen LogP contribution in [-0.4, -0.2) is 16.5 Å². The van der Waals surface area contributed by atoms with Gasteiger partial charge in [0.2, 0.25) is 0 Å². The van der Waals surface area contributed by atoms with E-state index in [0.717, 1.165) is 24.5 Å². The third-order valence-electron chi connectivity index (χ3n) is 2.83. The molecule has 0 radical (unpaired) electrons. The van der Waals surface area contributed by atoms with Crippen LogP contribution in [0, 0.1) is 13.8 Å². The lowest BCUT2D eigenvalue weighted by molar-refractivity contribution is 0.978. The van der Waals surface area contributed by atoms with Crippen LogP contribution in [0.2, 0.25) is 0 Å². The van der Waals surface area contributed by atoms with E-state index in [4.69, 9.17) is 0 Å². The zero-order valence-electron chi connectivity index (χ0n) is 10.3. The molecular weight excluding hydrogens is 210 g/mol. The van der Waals surface area contributed by atoms with Crippen LogP contribution in [0.3, 0.4) is 0 Å². The van der Waals surface area contributed by atoms with Crippen LogP contribution in [0.1, 0.15) is 16.8 Å². The van der Waals surface area contributed by atoms with Gasteiger partial charge >= 0.3 is 0 Å². The Kier molecular flexibility index (Phi) is 3.70. The smallest absolute Gasteiger partial charge is 0.147 e. The lowest BCUT2D eigenvalue weighted by atomic mass is 10.1. The molecule has 1 heterocycles. The Balaban J connectivity index is 1.93. The number of hydrogen-bond donors (Lipinski definition) is 1. The molecule has 0 fully saturated rings. The van der Waals surface area contributed by atoms with Crippen molar-refractivity contribution >= 4 is 5.82 Å². The minimum atomic E-state index is 0.876. The van der Waals surface area contributed by atoms with E-state index in [9.17, 15) is 0 Å². The second-order valence-corrected chi connectivity index (χ2v) is 4.09. The van der Waals surface area contributed by atoms with Crippen LogP contribution >= 0.6 is 0 Å². The molecular formula is C14H17N3. The molecule has 0 atom stereocenters. The van der Waals surface area contributed by atoms with Gasteiger partial charge < -0.3 is 5.32 Å². The zero-order valence-corrected chi connectivity index (χ0v) is 10.3. The van der Waals surface area contributed by atoms with E-state index < -0.39 is 0 Å². The molecule has 0 bridgehead atoms. The fraction of sp³-hybridized carbons (Fsp3) is 0.286. The summed E-state index contributed by atoms with van der Waals surface area (Å²) in [5, 5.41) is 3.32. The van der Waals surface area contributed by atoms with E-state index in [1.807, 2.05) is 6.92 Å². The Morgan fingerprint density at radius 1 is 1.06 bits per heavy atom. The molecule has 88 valence electrons. The van der Waals surface area contributed by atoms with Crippen molar-refractivity contribution in [3.63, 3.8) is 0 Å². The Morgan fingerprint density at radius 2 is 1.82 bits per heavy atom. The molecule has 17 heavy (non-hydrogen) atoms. The maximum absolute atomic E-state index is 4.26. The van der Waals surface area contributed by atoms with Crippen molar-refractivity contribution in [2.45, 2.75) is 20.3 Å². The molecule has 3 nitrogen and oxygen atoms in total. The Morgan fingerprint density at radius 3 is 2.59 bits per heavy atom. The second-order valence-electron chi connectivity index (χ2n) is 4.09.